The highest BCUT2D eigenvalue weighted by atomic mass is 35.5. The Kier molecular flexibility index (Phi) is 3.67. The third-order valence-electron chi connectivity index (χ3n) is 2.47. The first-order chi connectivity index (χ1) is 8.67. The van der Waals surface area contributed by atoms with Crippen LogP contribution in [0.2, 0.25) is 5.02 Å². The number of aromatic nitrogens is 1. The van der Waals surface area contributed by atoms with Crippen LogP contribution in [0.5, 0.6) is 5.75 Å². The monoisotopic (exact) mass is 265 g/mol. The molecule has 4 nitrogen and oxygen atoms in total. The van der Waals surface area contributed by atoms with E-state index >= 15 is 0 Å². The molecule has 0 saturated carbocycles. The lowest BCUT2D eigenvalue weighted by molar-refractivity contribution is 0.0526. The van der Waals surface area contributed by atoms with Crippen molar-refractivity contribution in [3.8, 4) is 5.75 Å². The molecule has 0 bridgehead atoms. The van der Waals surface area contributed by atoms with Crippen LogP contribution in [0.25, 0.3) is 10.9 Å². The van der Waals surface area contributed by atoms with Crippen molar-refractivity contribution in [3.63, 3.8) is 0 Å². The van der Waals surface area contributed by atoms with Crippen LogP contribution in [0.4, 0.5) is 0 Å². The molecule has 2 rings (SSSR count). The lowest BCUT2D eigenvalue weighted by atomic mass is 10.1. The van der Waals surface area contributed by atoms with E-state index in [0.717, 1.165) is 5.39 Å². The van der Waals surface area contributed by atoms with Crippen LogP contribution in [-0.4, -0.2) is 24.7 Å². The van der Waals surface area contributed by atoms with Crippen LogP contribution in [0.3, 0.4) is 0 Å². The van der Waals surface area contributed by atoms with E-state index in [2.05, 4.69) is 4.98 Å². The van der Waals surface area contributed by atoms with Gasteiger partial charge < -0.3 is 9.47 Å². The van der Waals surface area contributed by atoms with Crippen molar-refractivity contribution in [1.29, 1.82) is 0 Å². The van der Waals surface area contributed by atoms with E-state index in [1.54, 1.807) is 25.1 Å². The van der Waals surface area contributed by atoms with Gasteiger partial charge in [0.05, 0.1) is 24.3 Å². The molecule has 0 atom stereocenters. The lowest BCUT2D eigenvalue weighted by Gasteiger charge is -2.08. The van der Waals surface area contributed by atoms with Gasteiger partial charge in [-0.2, -0.15) is 0 Å². The summed E-state index contributed by atoms with van der Waals surface area (Å²) in [7, 11) is 1.53. The van der Waals surface area contributed by atoms with Crippen LogP contribution in [-0.2, 0) is 4.74 Å². The van der Waals surface area contributed by atoms with Crippen molar-refractivity contribution >= 4 is 28.5 Å². The van der Waals surface area contributed by atoms with E-state index in [-0.39, 0.29) is 5.97 Å². The lowest BCUT2D eigenvalue weighted by Crippen LogP contribution is -2.05. The highest BCUT2D eigenvalue weighted by Gasteiger charge is 2.12. The highest BCUT2D eigenvalue weighted by molar-refractivity contribution is 6.33. The SMILES string of the molecule is CCOC(=O)c1cnc2c(OC)c(Cl)ccc2c1. The van der Waals surface area contributed by atoms with Gasteiger partial charge in [-0.05, 0) is 19.1 Å². The van der Waals surface area contributed by atoms with Crippen LogP contribution >= 0.6 is 11.6 Å². The van der Waals surface area contributed by atoms with Gasteiger partial charge in [0, 0.05) is 11.6 Å². The Morgan fingerprint density at radius 1 is 1.44 bits per heavy atom. The predicted octanol–water partition coefficient (Wildman–Crippen LogP) is 3.07. The van der Waals surface area contributed by atoms with Gasteiger partial charge in [-0.15, -0.1) is 0 Å². The van der Waals surface area contributed by atoms with Gasteiger partial charge in [0.1, 0.15) is 5.52 Å². The standard InChI is InChI=1S/C13H12ClNO3/c1-3-18-13(16)9-6-8-4-5-10(14)12(17-2)11(8)15-7-9/h4-7H,3H2,1-2H3. The van der Waals surface area contributed by atoms with Crippen LogP contribution < -0.4 is 4.74 Å². The number of esters is 1. The van der Waals surface area contributed by atoms with Crippen molar-refractivity contribution in [2.45, 2.75) is 6.92 Å². The molecule has 94 valence electrons. The molecule has 0 fully saturated rings. The second-order valence-electron chi connectivity index (χ2n) is 3.60. The first-order valence-electron chi connectivity index (χ1n) is 5.46. The fourth-order valence-electron chi connectivity index (χ4n) is 1.67. The largest absolute Gasteiger partial charge is 0.493 e. The molecule has 2 aromatic rings. The van der Waals surface area contributed by atoms with Crippen molar-refractivity contribution in [2.75, 3.05) is 13.7 Å². The van der Waals surface area contributed by atoms with Crippen molar-refractivity contribution in [3.05, 3.63) is 35.0 Å². The molecule has 1 heterocycles. The number of hydrogen-bond donors (Lipinski definition) is 0. The number of fused-ring (bicyclic) bond motifs is 1. The molecular weight excluding hydrogens is 254 g/mol. The van der Waals surface area contributed by atoms with Gasteiger partial charge in [0.15, 0.2) is 5.75 Å². The zero-order chi connectivity index (χ0) is 13.1. The summed E-state index contributed by atoms with van der Waals surface area (Å²) in [4.78, 5) is 15.8. The molecular formula is C13H12ClNO3. The number of halogens is 1. The van der Waals surface area contributed by atoms with E-state index in [0.29, 0.717) is 28.5 Å². The zero-order valence-electron chi connectivity index (χ0n) is 10.1. The molecule has 0 aliphatic rings. The Balaban J connectivity index is 2.53. The number of ether oxygens (including phenoxy) is 2. The van der Waals surface area contributed by atoms with E-state index in [1.807, 2.05) is 0 Å². The first kappa shape index (κ1) is 12.6. The molecule has 18 heavy (non-hydrogen) atoms. The molecule has 0 radical (unpaired) electrons. The number of rotatable bonds is 3. The average molecular weight is 266 g/mol. The van der Waals surface area contributed by atoms with Gasteiger partial charge >= 0.3 is 5.97 Å². The van der Waals surface area contributed by atoms with E-state index < -0.39 is 0 Å². The van der Waals surface area contributed by atoms with E-state index in [9.17, 15) is 4.79 Å². The first-order valence-corrected chi connectivity index (χ1v) is 5.84. The maximum atomic E-state index is 11.6. The van der Waals surface area contributed by atoms with Crippen molar-refractivity contribution < 1.29 is 14.3 Å². The molecule has 0 N–H and O–H groups in total. The van der Waals surface area contributed by atoms with Crippen LogP contribution in [0.1, 0.15) is 17.3 Å². The summed E-state index contributed by atoms with van der Waals surface area (Å²) < 4.78 is 10.1. The van der Waals surface area contributed by atoms with Gasteiger partial charge in [0.2, 0.25) is 0 Å². The third-order valence-corrected chi connectivity index (χ3v) is 2.77. The molecule has 0 aliphatic carbocycles. The summed E-state index contributed by atoms with van der Waals surface area (Å²) in [6.45, 7) is 2.09. The number of carbonyl (C=O) groups is 1. The van der Waals surface area contributed by atoms with Gasteiger partial charge in [-0.3, -0.25) is 4.98 Å². The molecule has 1 aromatic heterocycles. The third kappa shape index (κ3) is 2.24. The maximum absolute atomic E-state index is 11.6. The quantitative estimate of drug-likeness (QED) is 0.800. The summed E-state index contributed by atoms with van der Waals surface area (Å²) in [5.74, 6) is 0.116. The Bertz CT molecular complexity index is 598. The fraction of sp³-hybridized carbons (Fsp3) is 0.231. The minimum atomic E-state index is -0.388. The van der Waals surface area contributed by atoms with Crippen LogP contribution in [0.15, 0.2) is 24.4 Å². The van der Waals surface area contributed by atoms with Crippen LogP contribution in [0, 0.1) is 0 Å². The molecule has 0 saturated heterocycles. The minimum Gasteiger partial charge on any atom is -0.493 e. The summed E-state index contributed by atoms with van der Waals surface area (Å²) in [5, 5.41) is 1.27. The second-order valence-corrected chi connectivity index (χ2v) is 4.00. The number of methoxy groups -OCH3 is 1. The minimum absolute atomic E-state index is 0.334. The average Bonchev–Trinajstić information content (AvgIpc) is 2.38. The molecule has 0 unspecified atom stereocenters. The fourth-order valence-corrected chi connectivity index (χ4v) is 1.90. The molecule has 0 aliphatic heterocycles. The Morgan fingerprint density at radius 2 is 2.22 bits per heavy atom. The normalized spacial score (nSPS) is 10.4. The number of hydrogen-bond acceptors (Lipinski definition) is 4. The van der Waals surface area contributed by atoms with Gasteiger partial charge in [0.25, 0.3) is 0 Å². The Morgan fingerprint density at radius 3 is 2.89 bits per heavy atom. The number of benzene rings is 1. The molecule has 1 aromatic carbocycles. The highest BCUT2D eigenvalue weighted by Crippen LogP contribution is 2.32. The second kappa shape index (κ2) is 5.23. The summed E-state index contributed by atoms with van der Waals surface area (Å²) in [6, 6.07) is 5.20. The van der Waals surface area contributed by atoms with Gasteiger partial charge in [-0.25, -0.2) is 4.79 Å². The zero-order valence-corrected chi connectivity index (χ0v) is 10.8. The smallest absolute Gasteiger partial charge is 0.339 e. The molecule has 0 spiro atoms. The van der Waals surface area contributed by atoms with E-state index in [1.165, 1.54) is 13.3 Å². The Labute approximate surface area is 109 Å². The number of carbonyl (C=O) groups excluding carboxylic acids is 1. The summed E-state index contributed by atoms with van der Waals surface area (Å²) >= 11 is 6.00. The van der Waals surface area contributed by atoms with Gasteiger partial charge in [-0.1, -0.05) is 17.7 Å². The van der Waals surface area contributed by atoms with Crippen molar-refractivity contribution in [1.82, 2.24) is 4.98 Å². The summed E-state index contributed by atoms with van der Waals surface area (Å²) in [5.41, 5.74) is 1.03. The van der Waals surface area contributed by atoms with E-state index in [4.69, 9.17) is 21.1 Å². The molecule has 0 amide bonds. The maximum Gasteiger partial charge on any atom is 0.339 e. The predicted molar refractivity (Wildman–Crippen MR) is 69.3 cm³/mol. The Hall–Kier alpha value is -1.81. The topological polar surface area (TPSA) is 48.4 Å². The summed E-state index contributed by atoms with van der Waals surface area (Å²) in [6.07, 6.45) is 1.46. The van der Waals surface area contributed by atoms with Crippen molar-refractivity contribution in [2.24, 2.45) is 0 Å². The number of nitrogens with zero attached hydrogens (tertiary/aromatic N) is 1. The molecule has 5 heteroatoms. The number of pyridine rings is 1.